The molecule has 3 aromatic heterocycles. The van der Waals surface area contributed by atoms with Gasteiger partial charge in [0, 0.05) is 28.5 Å². The Morgan fingerprint density at radius 3 is 2.22 bits per heavy atom. The van der Waals surface area contributed by atoms with Crippen molar-refractivity contribution in [3.05, 3.63) is 119 Å². The van der Waals surface area contributed by atoms with Gasteiger partial charge in [-0.25, -0.2) is 19.6 Å². The first-order valence-electron chi connectivity index (χ1n) is 11.3. The number of fused-ring (bicyclic) bond motifs is 1. The number of para-hydroxylation sites is 1. The highest BCUT2D eigenvalue weighted by Crippen LogP contribution is 2.26. The molecule has 0 N–H and O–H groups in total. The van der Waals surface area contributed by atoms with E-state index in [1.54, 1.807) is 45.9 Å². The van der Waals surface area contributed by atoms with Crippen LogP contribution in [0, 0.1) is 6.92 Å². The van der Waals surface area contributed by atoms with E-state index in [4.69, 9.17) is 16.6 Å². The fourth-order valence-electron chi connectivity index (χ4n) is 4.11. The van der Waals surface area contributed by atoms with Gasteiger partial charge in [0.25, 0.3) is 5.56 Å². The van der Waals surface area contributed by atoms with E-state index in [0.717, 1.165) is 22.5 Å². The fraction of sp³-hybridized carbons (Fsp3) is 0.0357. The van der Waals surface area contributed by atoms with E-state index in [9.17, 15) is 4.79 Å². The van der Waals surface area contributed by atoms with Gasteiger partial charge in [-0.1, -0.05) is 54.1 Å². The highest BCUT2D eigenvalue weighted by Gasteiger charge is 2.18. The van der Waals surface area contributed by atoms with Gasteiger partial charge in [-0.2, -0.15) is 0 Å². The molecule has 0 saturated heterocycles. The fourth-order valence-corrected chi connectivity index (χ4v) is 4.23. The van der Waals surface area contributed by atoms with Crippen molar-refractivity contribution >= 4 is 22.6 Å². The van der Waals surface area contributed by atoms with Crippen LogP contribution in [0.5, 0.6) is 0 Å². The van der Waals surface area contributed by atoms with Crippen molar-refractivity contribution in [3.8, 4) is 34.0 Å². The molecule has 0 atom stereocenters. The lowest BCUT2D eigenvalue weighted by molar-refractivity contribution is 0.888. The van der Waals surface area contributed by atoms with Crippen LogP contribution in [0.1, 0.15) is 5.82 Å². The summed E-state index contributed by atoms with van der Waals surface area (Å²) in [6.07, 6.45) is 3.46. The summed E-state index contributed by atoms with van der Waals surface area (Å²) in [5.74, 6) is 1.19. The number of aryl methyl sites for hydroxylation is 1. The average Bonchev–Trinajstić information content (AvgIpc) is 3.35. The number of aromatic nitrogens is 6. The normalized spacial score (nSPS) is 11.2. The zero-order valence-electron chi connectivity index (χ0n) is 19.2. The number of nitrogens with zero attached hydrogens (tertiary/aromatic N) is 6. The second-order valence-electron chi connectivity index (χ2n) is 8.27. The highest BCUT2D eigenvalue weighted by atomic mass is 35.5. The molecule has 6 aromatic rings. The first kappa shape index (κ1) is 21.9. The molecule has 3 aromatic carbocycles. The number of halogens is 1. The van der Waals surface area contributed by atoms with E-state index in [1.807, 2.05) is 67.6 Å². The molecular weight excluding hydrogens is 472 g/mol. The van der Waals surface area contributed by atoms with Gasteiger partial charge in [-0.05, 0) is 49.4 Å². The van der Waals surface area contributed by atoms with Gasteiger partial charge in [0.1, 0.15) is 17.0 Å². The summed E-state index contributed by atoms with van der Waals surface area (Å²) in [7, 11) is 0. The van der Waals surface area contributed by atoms with Crippen LogP contribution in [-0.2, 0) is 0 Å². The molecule has 7 nitrogen and oxygen atoms in total. The summed E-state index contributed by atoms with van der Waals surface area (Å²) in [6, 6.07) is 26.4. The lowest BCUT2D eigenvalue weighted by Crippen LogP contribution is -2.21. The Morgan fingerprint density at radius 2 is 1.50 bits per heavy atom. The van der Waals surface area contributed by atoms with Crippen LogP contribution in [0.2, 0.25) is 5.02 Å². The summed E-state index contributed by atoms with van der Waals surface area (Å²) >= 11 is 6.12. The lowest BCUT2D eigenvalue weighted by Gasteiger charge is -2.13. The van der Waals surface area contributed by atoms with Crippen molar-refractivity contribution in [1.82, 2.24) is 29.3 Å². The molecule has 0 saturated carbocycles. The van der Waals surface area contributed by atoms with Crippen molar-refractivity contribution < 1.29 is 0 Å². The zero-order chi connectivity index (χ0) is 24.6. The highest BCUT2D eigenvalue weighted by molar-refractivity contribution is 6.30. The van der Waals surface area contributed by atoms with Crippen LogP contribution in [0.25, 0.3) is 45.1 Å². The Labute approximate surface area is 211 Å². The zero-order valence-corrected chi connectivity index (χ0v) is 20.0. The van der Waals surface area contributed by atoms with E-state index in [0.29, 0.717) is 33.4 Å². The molecule has 36 heavy (non-hydrogen) atoms. The maximum absolute atomic E-state index is 13.8. The molecule has 3 heterocycles. The molecule has 0 unspecified atom stereocenters. The van der Waals surface area contributed by atoms with E-state index < -0.39 is 0 Å². The van der Waals surface area contributed by atoms with Crippen molar-refractivity contribution in [1.29, 1.82) is 0 Å². The van der Waals surface area contributed by atoms with Crippen molar-refractivity contribution in [2.45, 2.75) is 6.92 Å². The Hall–Kier alpha value is -4.62. The first-order valence-corrected chi connectivity index (χ1v) is 11.7. The standard InChI is InChI=1S/C28H19ClN6O/c1-18-30-16-15-25(31-18)19-7-9-20(10-8-19)27-32-26-24(17-34(33-26)22-5-3-2-4-6-22)28(36)35(27)23-13-11-21(29)12-14-23/h2-17H,1H3. The van der Waals surface area contributed by atoms with Crippen LogP contribution in [0.4, 0.5) is 0 Å². The maximum Gasteiger partial charge on any atom is 0.269 e. The van der Waals surface area contributed by atoms with E-state index in [-0.39, 0.29) is 5.56 Å². The van der Waals surface area contributed by atoms with Gasteiger partial charge < -0.3 is 0 Å². The molecule has 174 valence electrons. The molecule has 6 rings (SSSR count). The number of hydrogen-bond acceptors (Lipinski definition) is 5. The van der Waals surface area contributed by atoms with Gasteiger partial charge in [0.05, 0.1) is 17.1 Å². The van der Waals surface area contributed by atoms with Crippen molar-refractivity contribution in [3.63, 3.8) is 0 Å². The quantitative estimate of drug-likeness (QED) is 0.319. The molecule has 0 spiro atoms. The Morgan fingerprint density at radius 1 is 0.778 bits per heavy atom. The monoisotopic (exact) mass is 490 g/mol. The average molecular weight is 491 g/mol. The van der Waals surface area contributed by atoms with Crippen LogP contribution in [0.15, 0.2) is 102 Å². The molecule has 0 bridgehead atoms. The van der Waals surface area contributed by atoms with Crippen LogP contribution >= 0.6 is 11.6 Å². The van der Waals surface area contributed by atoms with Crippen molar-refractivity contribution in [2.24, 2.45) is 0 Å². The van der Waals surface area contributed by atoms with Gasteiger partial charge >= 0.3 is 0 Å². The Bertz CT molecular complexity index is 1760. The topological polar surface area (TPSA) is 78.5 Å². The van der Waals surface area contributed by atoms with Gasteiger partial charge in [0.15, 0.2) is 5.65 Å². The third-order valence-corrected chi connectivity index (χ3v) is 6.12. The number of benzene rings is 3. The third-order valence-electron chi connectivity index (χ3n) is 5.87. The Balaban J connectivity index is 1.55. The number of hydrogen-bond donors (Lipinski definition) is 0. The van der Waals surface area contributed by atoms with E-state index in [1.165, 1.54) is 0 Å². The second-order valence-corrected chi connectivity index (χ2v) is 8.70. The summed E-state index contributed by atoms with van der Waals surface area (Å²) < 4.78 is 3.27. The van der Waals surface area contributed by atoms with Gasteiger partial charge in [-0.15, -0.1) is 5.10 Å². The predicted octanol–water partition coefficient (Wildman–Crippen LogP) is 5.66. The molecule has 0 aliphatic carbocycles. The van der Waals surface area contributed by atoms with Crippen molar-refractivity contribution in [2.75, 3.05) is 0 Å². The molecule has 0 radical (unpaired) electrons. The van der Waals surface area contributed by atoms with Gasteiger partial charge in [0.2, 0.25) is 0 Å². The molecule has 0 aliphatic heterocycles. The molecule has 0 fully saturated rings. The van der Waals surface area contributed by atoms with Gasteiger partial charge in [-0.3, -0.25) is 9.36 Å². The van der Waals surface area contributed by atoms with E-state index in [2.05, 4.69) is 15.1 Å². The minimum absolute atomic E-state index is 0.213. The third kappa shape index (κ3) is 3.95. The molecular formula is C28H19ClN6O. The summed E-state index contributed by atoms with van der Waals surface area (Å²) in [6.45, 7) is 1.86. The molecule has 0 aliphatic rings. The first-order chi connectivity index (χ1) is 17.6. The minimum Gasteiger partial charge on any atom is -0.268 e. The Kier molecular flexibility index (Phi) is 5.39. The lowest BCUT2D eigenvalue weighted by atomic mass is 10.1. The van der Waals surface area contributed by atoms with Crippen LogP contribution < -0.4 is 5.56 Å². The summed E-state index contributed by atoms with van der Waals surface area (Å²) in [5, 5.41) is 5.62. The van der Waals surface area contributed by atoms with E-state index >= 15 is 0 Å². The maximum atomic E-state index is 13.8. The number of rotatable bonds is 4. The molecule has 8 heteroatoms. The predicted molar refractivity (Wildman–Crippen MR) is 141 cm³/mol. The van der Waals surface area contributed by atoms with Crippen LogP contribution in [0.3, 0.4) is 0 Å². The molecule has 0 amide bonds. The smallest absolute Gasteiger partial charge is 0.268 e. The van der Waals surface area contributed by atoms with Crippen LogP contribution in [-0.4, -0.2) is 29.3 Å². The minimum atomic E-state index is -0.213. The second kappa shape index (κ2) is 8.87. The summed E-state index contributed by atoms with van der Waals surface area (Å²) in [4.78, 5) is 27.3. The SMILES string of the molecule is Cc1nccc(-c2ccc(-c3nc4nn(-c5ccccc5)cc4c(=O)n3-c3ccc(Cl)cc3)cc2)n1. The summed E-state index contributed by atoms with van der Waals surface area (Å²) in [5.41, 5.74) is 4.21. The largest absolute Gasteiger partial charge is 0.269 e.